The Bertz CT molecular complexity index is 514. The van der Waals surface area contributed by atoms with Gasteiger partial charge in [-0.2, -0.15) is 0 Å². The Hall–Kier alpha value is -1.43. The van der Waals surface area contributed by atoms with Crippen LogP contribution in [0.3, 0.4) is 0 Å². The van der Waals surface area contributed by atoms with Gasteiger partial charge in [-0.1, -0.05) is 0 Å². The molecule has 0 saturated carbocycles. The molecule has 0 aliphatic carbocycles. The smallest absolute Gasteiger partial charge is 0.251 e. The van der Waals surface area contributed by atoms with Crippen LogP contribution in [0.2, 0.25) is 0 Å². The van der Waals surface area contributed by atoms with Gasteiger partial charge in [0.2, 0.25) is 0 Å². The first-order valence-corrected chi connectivity index (χ1v) is 7.12. The van der Waals surface area contributed by atoms with E-state index in [9.17, 15) is 4.79 Å². The second-order valence-electron chi connectivity index (χ2n) is 4.69. The summed E-state index contributed by atoms with van der Waals surface area (Å²) < 4.78 is 6.35. The second kappa shape index (κ2) is 5.28. The number of pyridine rings is 1. The second-order valence-corrected chi connectivity index (χ2v) is 5.54. The fourth-order valence-corrected chi connectivity index (χ4v) is 2.97. The lowest BCUT2D eigenvalue weighted by molar-refractivity contribution is -0.133. The number of amides is 1. The molecule has 100 valence electrons. The lowest BCUT2D eigenvalue weighted by atomic mass is 10.0. The number of aliphatic imine (C=N–C) groups is 1. The quantitative estimate of drug-likeness (QED) is 0.835. The fraction of sp³-hybridized carbons (Fsp3) is 0.462. The van der Waals surface area contributed by atoms with E-state index in [0.717, 1.165) is 36.0 Å². The van der Waals surface area contributed by atoms with Crippen molar-refractivity contribution in [2.24, 2.45) is 4.99 Å². The first-order chi connectivity index (χ1) is 9.27. The number of carbonyl (C=O) groups is 1. The Morgan fingerprint density at radius 3 is 2.95 bits per heavy atom. The normalized spacial score (nSPS) is 25.6. The molecule has 5 nitrogen and oxygen atoms in total. The largest absolute Gasteiger partial charge is 0.473 e. The van der Waals surface area contributed by atoms with Crippen LogP contribution in [0.25, 0.3) is 0 Å². The van der Waals surface area contributed by atoms with Crippen molar-refractivity contribution in [3.8, 4) is 0 Å². The maximum Gasteiger partial charge on any atom is 0.251 e. The van der Waals surface area contributed by atoms with Crippen molar-refractivity contribution in [2.45, 2.75) is 25.0 Å². The fourth-order valence-electron chi connectivity index (χ4n) is 2.50. The third-order valence-electron chi connectivity index (χ3n) is 3.50. The third kappa shape index (κ3) is 2.36. The summed E-state index contributed by atoms with van der Waals surface area (Å²) in [5, 5.41) is 0. The molecule has 6 heteroatoms. The van der Waals surface area contributed by atoms with Crippen molar-refractivity contribution in [2.75, 3.05) is 13.1 Å². The summed E-state index contributed by atoms with van der Waals surface area (Å²) in [5.41, 5.74) is 0.907. The van der Waals surface area contributed by atoms with Gasteiger partial charge >= 0.3 is 0 Å². The predicted octanol–water partition coefficient (Wildman–Crippen LogP) is 1.93. The minimum absolute atomic E-state index is 0.0555. The SMILES string of the molecule is O=C(C1N=COC1c1ccncc1Br)N1CCCC1. The molecule has 1 amide bonds. The van der Waals surface area contributed by atoms with E-state index in [-0.39, 0.29) is 12.0 Å². The molecule has 0 N–H and O–H groups in total. The summed E-state index contributed by atoms with van der Waals surface area (Å²) in [6, 6.07) is 1.38. The molecule has 2 aliphatic rings. The average Bonchev–Trinajstić information content (AvgIpc) is 3.10. The number of halogens is 1. The van der Waals surface area contributed by atoms with E-state index in [1.165, 1.54) is 6.40 Å². The minimum atomic E-state index is -0.475. The zero-order chi connectivity index (χ0) is 13.2. The number of nitrogens with zero attached hydrogens (tertiary/aromatic N) is 3. The maximum absolute atomic E-state index is 12.4. The number of likely N-dealkylation sites (tertiary alicyclic amines) is 1. The van der Waals surface area contributed by atoms with E-state index in [0.29, 0.717) is 0 Å². The summed E-state index contributed by atoms with van der Waals surface area (Å²) in [7, 11) is 0. The van der Waals surface area contributed by atoms with Crippen LogP contribution < -0.4 is 0 Å². The van der Waals surface area contributed by atoms with Crippen molar-refractivity contribution >= 4 is 28.2 Å². The molecule has 0 radical (unpaired) electrons. The van der Waals surface area contributed by atoms with E-state index in [4.69, 9.17) is 4.74 Å². The summed E-state index contributed by atoms with van der Waals surface area (Å²) in [5.74, 6) is 0.0555. The van der Waals surface area contributed by atoms with Gasteiger partial charge < -0.3 is 9.64 Å². The molecular weight excluding hydrogens is 310 g/mol. The highest BCUT2D eigenvalue weighted by molar-refractivity contribution is 9.10. The molecule has 3 heterocycles. The topological polar surface area (TPSA) is 54.8 Å². The van der Waals surface area contributed by atoms with Gasteiger partial charge in [-0.05, 0) is 34.8 Å². The summed E-state index contributed by atoms with van der Waals surface area (Å²) in [6.45, 7) is 1.66. The van der Waals surface area contributed by atoms with Gasteiger partial charge in [-0.25, -0.2) is 4.99 Å². The summed E-state index contributed by atoms with van der Waals surface area (Å²) in [4.78, 5) is 22.5. The molecule has 1 fully saturated rings. The average molecular weight is 324 g/mol. The number of hydrogen-bond donors (Lipinski definition) is 0. The van der Waals surface area contributed by atoms with Gasteiger partial charge in [-0.3, -0.25) is 9.78 Å². The number of aromatic nitrogens is 1. The van der Waals surface area contributed by atoms with Gasteiger partial charge in [0, 0.05) is 35.5 Å². The zero-order valence-electron chi connectivity index (χ0n) is 10.3. The Labute approximate surface area is 119 Å². The number of ether oxygens (including phenoxy) is 1. The third-order valence-corrected chi connectivity index (χ3v) is 4.16. The molecule has 0 bridgehead atoms. The first-order valence-electron chi connectivity index (χ1n) is 6.32. The van der Waals surface area contributed by atoms with E-state index >= 15 is 0 Å². The minimum Gasteiger partial charge on any atom is -0.473 e. The number of hydrogen-bond acceptors (Lipinski definition) is 4. The molecule has 1 aromatic rings. The van der Waals surface area contributed by atoms with Crippen molar-refractivity contribution in [1.29, 1.82) is 0 Å². The molecule has 2 atom stereocenters. The van der Waals surface area contributed by atoms with Crippen LogP contribution in [-0.2, 0) is 9.53 Å². The van der Waals surface area contributed by atoms with Gasteiger partial charge in [-0.15, -0.1) is 0 Å². The van der Waals surface area contributed by atoms with Gasteiger partial charge in [0.1, 0.15) is 0 Å². The molecule has 1 aromatic heterocycles. The molecule has 0 spiro atoms. The highest BCUT2D eigenvalue weighted by Gasteiger charge is 2.38. The Morgan fingerprint density at radius 2 is 2.21 bits per heavy atom. The molecule has 0 aromatic carbocycles. The first kappa shape index (κ1) is 12.6. The molecule has 2 aliphatic heterocycles. The number of rotatable bonds is 2. The van der Waals surface area contributed by atoms with Crippen LogP contribution in [0.5, 0.6) is 0 Å². The molecule has 1 saturated heterocycles. The highest BCUT2D eigenvalue weighted by Crippen LogP contribution is 2.32. The molecule has 3 rings (SSSR count). The van der Waals surface area contributed by atoms with Crippen molar-refractivity contribution in [1.82, 2.24) is 9.88 Å². The summed E-state index contributed by atoms with van der Waals surface area (Å²) >= 11 is 3.44. The lowest BCUT2D eigenvalue weighted by Crippen LogP contribution is -2.38. The summed E-state index contributed by atoms with van der Waals surface area (Å²) in [6.07, 6.45) is 6.58. The van der Waals surface area contributed by atoms with Crippen LogP contribution >= 0.6 is 15.9 Å². The van der Waals surface area contributed by atoms with Crippen LogP contribution in [0.15, 0.2) is 27.9 Å². The lowest BCUT2D eigenvalue weighted by Gasteiger charge is -2.22. The van der Waals surface area contributed by atoms with Gasteiger partial charge in [0.05, 0.1) is 0 Å². The molecule has 2 unspecified atom stereocenters. The van der Waals surface area contributed by atoms with Crippen LogP contribution in [0.1, 0.15) is 24.5 Å². The Morgan fingerprint density at radius 1 is 1.42 bits per heavy atom. The van der Waals surface area contributed by atoms with Crippen molar-refractivity contribution in [3.05, 3.63) is 28.5 Å². The van der Waals surface area contributed by atoms with Crippen molar-refractivity contribution < 1.29 is 9.53 Å². The van der Waals surface area contributed by atoms with Crippen LogP contribution in [0, 0.1) is 0 Å². The van der Waals surface area contributed by atoms with E-state index in [2.05, 4.69) is 25.9 Å². The van der Waals surface area contributed by atoms with Crippen LogP contribution in [-0.4, -0.2) is 41.3 Å². The van der Waals surface area contributed by atoms with E-state index in [1.54, 1.807) is 12.4 Å². The monoisotopic (exact) mass is 323 g/mol. The Kier molecular flexibility index (Phi) is 3.50. The van der Waals surface area contributed by atoms with Crippen LogP contribution in [0.4, 0.5) is 0 Å². The molecule has 19 heavy (non-hydrogen) atoms. The zero-order valence-corrected chi connectivity index (χ0v) is 11.9. The Balaban J connectivity index is 1.83. The van der Waals surface area contributed by atoms with Gasteiger partial charge in [0.25, 0.3) is 5.91 Å². The highest BCUT2D eigenvalue weighted by atomic mass is 79.9. The standard InChI is InChI=1S/C13H14BrN3O2/c14-10-7-15-4-3-9(10)12-11(16-8-19-12)13(18)17-5-1-2-6-17/h3-4,7-8,11-12H,1-2,5-6H2. The van der Waals surface area contributed by atoms with E-state index in [1.807, 2.05) is 11.0 Å². The molecular formula is C13H14BrN3O2. The maximum atomic E-state index is 12.4. The predicted molar refractivity (Wildman–Crippen MR) is 73.9 cm³/mol. The number of carbonyl (C=O) groups excluding carboxylic acids is 1. The van der Waals surface area contributed by atoms with Gasteiger partial charge in [0.15, 0.2) is 18.5 Å². The van der Waals surface area contributed by atoms with Crippen molar-refractivity contribution in [3.63, 3.8) is 0 Å². The van der Waals surface area contributed by atoms with E-state index < -0.39 is 6.04 Å².